The van der Waals surface area contributed by atoms with Crippen molar-refractivity contribution < 1.29 is 57.1 Å². The van der Waals surface area contributed by atoms with Crippen molar-refractivity contribution in [1.29, 1.82) is 0 Å². The summed E-state index contributed by atoms with van der Waals surface area (Å²) in [4.78, 5) is 50.9. The SMILES string of the molecule is O=C(OCCCOC(=O)c1ccc2cc(OC(=O)c3ccc(OCC4CO4)cc3)ccc2c1)c1ccc2cc(OC(=O)c3ccc(OCC4CO4)cc3)ccc2c1. The highest BCUT2D eigenvalue weighted by atomic mass is 16.6. The summed E-state index contributed by atoms with van der Waals surface area (Å²) >= 11 is 0. The van der Waals surface area contributed by atoms with Crippen LogP contribution in [0.4, 0.5) is 0 Å². The molecule has 8 rings (SSSR count). The van der Waals surface area contributed by atoms with Crippen LogP contribution >= 0.6 is 0 Å². The van der Waals surface area contributed by atoms with Gasteiger partial charge in [-0.2, -0.15) is 0 Å². The van der Waals surface area contributed by atoms with E-state index in [1.54, 1.807) is 121 Å². The molecule has 6 aromatic carbocycles. The van der Waals surface area contributed by atoms with Gasteiger partial charge >= 0.3 is 23.9 Å². The number of benzene rings is 6. The molecule has 288 valence electrons. The van der Waals surface area contributed by atoms with Gasteiger partial charge in [0, 0.05) is 6.42 Å². The molecular formula is C45H36O12. The van der Waals surface area contributed by atoms with E-state index in [-0.39, 0.29) is 25.4 Å². The first-order chi connectivity index (χ1) is 27.8. The molecule has 0 aromatic heterocycles. The van der Waals surface area contributed by atoms with Gasteiger partial charge in [-0.1, -0.05) is 24.3 Å². The minimum atomic E-state index is -0.516. The number of fused-ring (bicyclic) bond motifs is 2. The molecular weight excluding hydrogens is 732 g/mol. The number of ether oxygens (including phenoxy) is 8. The van der Waals surface area contributed by atoms with E-state index in [0.717, 1.165) is 21.5 Å². The Morgan fingerprint density at radius 2 is 0.789 bits per heavy atom. The molecule has 6 aromatic rings. The molecule has 0 radical (unpaired) electrons. The molecule has 12 heteroatoms. The van der Waals surface area contributed by atoms with E-state index in [0.29, 0.717) is 78.1 Å². The molecule has 0 N–H and O–H groups in total. The lowest BCUT2D eigenvalue weighted by Crippen LogP contribution is -2.11. The number of esters is 4. The van der Waals surface area contributed by atoms with E-state index in [1.165, 1.54) is 0 Å². The summed E-state index contributed by atoms with van der Waals surface area (Å²) in [6, 6.07) is 33.9. The van der Waals surface area contributed by atoms with E-state index in [1.807, 2.05) is 0 Å². The lowest BCUT2D eigenvalue weighted by atomic mass is 10.1. The highest BCUT2D eigenvalue weighted by Crippen LogP contribution is 2.26. The average Bonchev–Trinajstić information content (AvgIpc) is 4.18. The second-order valence-electron chi connectivity index (χ2n) is 13.4. The Morgan fingerprint density at radius 3 is 1.19 bits per heavy atom. The van der Waals surface area contributed by atoms with Gasteiger partial charge in [0.2, 0.25) is 0 Å². The summed E-state index contributed by atoms with van der Waals surface area (Å²) in [7, 11) is 0. The van der Waals surface area contributed by atoms with Crippen LogP contribution in [0.25, 0.3) is 21.5 Å². The molecule has 12 nitrogen and oxygen atoms in total. The van der Waals surface area contributed by atoms with Gasteiger partial charge in [0.05, 0.1) is 48.7 Å². The summed E-state index contributed by atoms with van der Waals surface area (Å²) in [5, 5.41) is 3.07. The standard InChI is InChI=1S/C45H36O12/c46-42(34-4-2-32-22-38(16-10-30(32)20-34)56-44(48)28-6-12-36(13-7-28)52-24-40-26-54-40)50-18-1-19-51-43(47)35-5-3-33-23-39(17-11-31(33)21-35)57-45(49)29-8-14-37(15-9-29)53-25-41-27-55-41/h2-17,20-23,40-41H,1,18-19,24-27H2. The predicted octanol–water partition coefficient (Wildman–Crippen LogP) is 7.39. The zero-order valence-electron chi connectivity index (χ0n) is 30.6. The summed E-state index contributed by atoms with van der Waals surface area (Å²) in [6.45, 7) is 2.47. The third kappa shape index (κ3) is 9.92. The molecule has 0 bridgehead atoms. The summed E-state index contributed by atoms with van der Waals surface area (Å²) in [6.07, 6.45) is 0.589. The first-order valence-electron chi connectivity index (χ1n) is 18.4. The van der Waals surface area contributed by atoms with Crippen molar-refractivity contribution >= 4 is 45.4 Å². The lowest BCUT2D eigenvalue weighted by molar-refractivity contribution is 0.0395. The summed E-state index contributed by atoms with van der Waals surface area (Å²) in [5.41, 5.74) is 1.48. The zero-order valence-corrected chi connectivity index (χ0v) is 30.6. The van der Waals surface area contributed by atoms with Crippen LogP contribution in [0.2, 0.25) is 0 Å². The number of carbonyl (C=O) groups excluding carboxylic acids is 4. The molecule has 0 saturated carbocycles. The molecule has 57 heavy (non-hydrogen) atoms. The fraction of sp³-hybridized carbons (Fsp3) is 0.200. The molecule has 0 amide bonds. The number of hydrogen-bond acceptors (Lipinski definition) is 12. The van der Waals surface area contributed by atoms with Gasteiger partial charge in [0.25, 0.3) is 0 Å². The first kappa shape index (κ1) is 37.2. The van der Waals surface area contributed by atoms with E-state index in [9.17, 15) is 19.2 Å². The summed E-state index contributed by atoms with van der Waals surface area (Å²) in [5.74, 6) is -0.0168. The van der Waals surface area contributed by atoms with Gasteiger partial charge in [-0.15, -0.1) is 0 Å². The number of epoxide rings is 2. The number of rotatable bonds is 16. The molecule has 2 heterocycles. The second-order valence-corrected chi connectivity index (χ2v) is 13.4. The number of carbonyl (C=O) groups is 4. The Hall–Kier alpha value is -6.76. The van der Waals surface area contributed by atoms with Crippen molar-refractivity contribution in [3.05, 3.63) is 144 Å². The fourth-order valence-corrected chi connectivity index (χ4v) is 5.80. The second kappa shape index (κ2) is 16.9. The van der Waals surface area contributed by atoms with E-state index < -0.39 is 23.9 Å². The molecule has 2 saturated heterocycles. The Labute approximate surface area is 326 Å². The maximum atomic E-state index is 12.8. The minimum Gasteiger partial charge on any atom is -0.491 e. The van der Waals surface area contributed by atoms with Crippen LogP contribution in [-0.2, 0) is 18.9 Å². The topological polar surface area (TPSA) is 149 Å². The quantitative estimate of drug-likeness (QED) is 0.0418. The Kier molecular flexibility index (Phi) is 11.1. The van der Waals surface area contributed by atoms with Crippen molar-refractivity contribution in [3.63, 3.8) is 0 Å². The van der Waals surface area contributed by atoms with Crippen molar-refractivity contribution in [3.8, 4) is 23.0 Å². The molecule has 2 aliphatic rings. The highest BCUT2D eigenvalue weighted by Gasteiger charge is 2.24. The van der Waals surface area contributed by atoms with E-state index in [4.69, 9.17) is 37.9 Å². The van der Waals surface area contributed by atoms with E-state index in [2.05, 4.69) is 0 Å². The Balaban J connectivity index is 0.764. The van der Waals surface area contributed by atoms with Gasteiger partial charge < -0.3 is 37.9 Å². The van der Waals surface area contributed by atoms with Crippen LogP contribution in [0.1, 0.15) is 47.9 Å². The largest absolute Gasteiger partial charge is 0.491 e. The molecule has 0 spiro atoms. The van der Waals surface area contributed by atoms with Gasteiger partial charge in [-0.3, -0.25) is 0 Å². The van der Waals surface area contributed by atoms with Crippen molar-refractivity contribution in [2.45, 2.75) is 18.6 Å². The zero-order chi connectivity index (χ0) is 39.1. The fourth-order valence-electron chi connectivity index (χ4n) is 5.80. The van der Waals surface area contributed by atoms with Gasteiger partial charge in [0.15, 0.2) is 0 Å². The third-order valence-corrected chi connectivity index (χ3v) is 9.13. The van der Waals surface area contributed by atoms with E-state index >= 15 is 0 Å². The minimum absolute atomic E-state index is 0.0497. The third-order valence-electron chi connectivity index (χ3n) is 9.13. The first-order valence-corrected chi connectivity index (χ1v) is 18.4. The smallest absolute Gasteiger partial charge is 0.343 e. The maximum Gasteiger partial charge on any atom is 0.343 e. The normalized spacial score (nSPS) is 15.4. The van der Waals surface area contributed by atoms with Crippen LogP contribution in [-0.4, -0.2) is 75.7 Å². The van der Waals surface area contributed by atoms with Crippen LogP contribution in [0, 0.1) is 0 Å². The molecule has 2 fully saturated rings. The monoisotopic (exact) mass is 768 g/mol. The lowest BCUT2D eigenvalue weighted by Gasteiger charge is -2.09. The molecule has 2 unspecified atom stereocenters. The number of hydrogen-bond donors (Lipinski definition) is 0. The van der Waals surface area contributed by atoms with Crippen LogP contribution in [0.15, 0.2) is 121 Å². The van der Waals surface area contributed by atoms with Crippen molar-refractivity contribution in [2.75, 3.05) is 39.6 Å². The van der Waals surface area contributed by atoms with Crippen LogP contribution < -0.4 is 18.9 Å². The van der Waals surface area contributed by atoms with Gasteiger partial charge in [-0.05, 0) is 119 Å². The molecule has 2 atom stereocenters. The van der Waals surface area contributed by atoms with Crippen molar-refractivity contribution in [1.82, 2.24) is 0 Å². The summed E-state index contributed by atoms with van der Waals surface area (Å²) < 4.78 is 43.5. The maximum absolute atomic E-state index is 12.8. The highest BCUT2D eigenvalue weighted by molar-refractivity contribution is 5.98. The Morgan fingerprint density at radius 1 is 0.439 bits per heavy atom. The van der Waals surface area contributed by atoms with Gasteiger partial charge in [0.1, 0.15) is 48.4 Å². The Bertz CT molecular complexity index is 2260. The van der Waals surface area contributed by atoms with Gasteiger partial charge in [-0.25, -0.2) is 19.2 Å². The molecule has 2 aliphatic heterocycles. The van der Waals surface area contributed by atoms with Crippen LogP contribution in [0.3, 0.4) is 0 Å². The van der Waals surface area contributed by atoms with Crippen molar-refractivity contribution in [2.24, 2.45) is 0 Å². The van der Waals surface area contributed by atoms with Crippen LogP contribution in [0.5, 0.6) is 23.0 Å². The average molecular weight is 769 g/mol. The predicted molar refractivity (Wildman–Crippen MR) is 206 cm³/mol. The molecule has 0 aliphatic carbocycles.